The molecule has 2 heterocycles. The van der Waals surface area contributed by atoms with Crippen LogP contribution in [0.1, 0.15) is 23.0 Å². The van der Waals surface area contributed by atoms with Gasteiger partial charge >= 0.3 is 6.36 Å². The highest BCUT2D eigenvalue weighted by atomic mass is 32.2. The van der Waals surface area contributed by atoms with Crippen molar-refractivity contribution in [1.29, 1.82) is 0 Å². The van der Waals surface area contributed by atoms with Gasteiger partial charge in [0, 0.05) is 24.6 Å². The number of ether oxygens (including phenoxy) is 1. The molecule has 0 bridgehead atoms. The van der Waals surface area contributed by atoms with Crippen LogP contribution in [-0.2, 0) is 4.18 Å². The standard InChI is InChI=1S/C17H17F3N2O3S/c1-26-24-6-5-13-9-21-16(23)15-8-12(10-22(13)15)11-3-2-4-14(7-11)25-17(18,19)20/h2-4,7-8,10,13H,5-6,9H2,1H3,(H,21,23). The molecule has 5 nitrogen and oxygen atoms in total. The van der Waals surface area contributed by atoms with Gasteiger partial charge in [0.05, 0.1) is 12.6 Å². The average molecular weight is 386 g/mol. The normalized spacial score (nSPS) is 16.9. The van der Waals surface area contributed by atoms with E-state index in [1.807, 2.05) is 10.8 Å². The van der Waals surface area contributed by atoms with Gasteiger partial charge in [-0.2, -0.15) is 0 Å². The third-order valence-electron chi connectivity index (χ3n) is 4.03. The highest BCUT2D eigenvalue weighted by Gasteiger charge is 2.31. The fraction of sp³-hybridized carbons (Fsp3) is 0.353. The van der Waals surface area contributed by atoms with Crippen LogP contribution in [0.25, 0.3) is 11.1 Å². The van der Waals surface area contributed by atoms with Gasteiger partial charge in [-0.3, -0.25) is 4.79 Å². The first-order valence-electron chi connectivity index (χ1n) is 7.89. The Kier molecular flexibility index (Phi) is 5.47. The zero-order chi connectivity index (χ0) is 18.7. The molecule has 1 unspecified atom stereocenters. The number of hydrogen-bond donors (Lipinski definition) is 1. The van der Waals surface area contributed by atoms with Crippen LogP contribution in [0.5, 0.6) is 5.75 Å². The zero-order valence-corrected chi connectivity index (χ0v) is 14.7. The van der Waals surface area contributed by atoms with Gasteiger partial charge in [0.2, 0.25) is 0 Å². The molecule has 1 aliphatic heterocycles. The molecule has 0 aliphatic carbocycles. The number of carbonyl (C=O) groups is 1. The van der Waals surface area contributed by atoms with Crippen molar-refractivity contribution in [2.45, 2.75) is 18.8 Å². The largest absolute Gasteiger partial charge is 0.573 e. The summed E-state index contributed by atoms with van der Waals surface area (Å²) in [5.74, 6) is -0.505. The predicted molar refractivity (Wildman–Crippen MR) is 92.0 cm³/mol. The van der Waals surface area contributed by atoms with Gasteiger partial charge in [-0.1, -0.05) is 12.1 Å². The van der Waals surface area contributed by atoms with Crippen molar-refractivity contribution in [2.24, 2.45) is 0 Å². The Labute approximate surface area is 152 Å². The van der Waals surface area contributed by atoms with E-state index in [2.05, 4.69) is 10.1 Å². The summed E-state index contributed by atoms with van der Waals surface area (Å²) in [6, 6.07) is 7.40. The van der Waals surface area contributed by atoms with Crippen LogP contribution in [0, 0.1) is 0 Å². The van der Waals surface area contributed by atoms with E-state index in [1.54, 1.807) is 18.3 Å². The van der Waals surface area contributed by atoms with Crippen LogP contribution in [-0.4, -0.2) is 36.2 Å². The second kappa shape index (κ2) is 7.63. The van der Waals surface area contributed by atoms with Crippen LogP contribution < -0.4 is 10.1 Å². The SMILES string of the molecule is CSOCCC1CNC(=O)c2cc(-c3cccc(OC(F)(F)F)c3)cn21. The van der Waals surface area contributed by atoms with E-state index in [0.717, 1.165) is 0 Å². The molecule has 0 radical (unpaired) electrons. The molecule has 140 valence electrons. The molecule has 2 aromatic rings. The Hall–Kier alpha value is -2.13. The number of amides is 1. The molecule has 9 heteroatoms. The second-order valence-electron chi connectivity index (χ2n) is 5.74. The molecule has 1 N–H and O–H groups in total. The molecule has 1 aromatic heterocycles. The maximum absolute atomic E-state index is 12.4. The van der Waals surface area contributed by atoms with Gasteiger partial charge in [-0.05, 0) is 42.2 Å². The predicted octanol–water partition coefficient (Wildman–Crippen LogP) is 4.02. The lowest BCUT2D eigenvalue weighted by atomic mass is 10.1. The van der Waals surface area contributed by atoms with E-state index >= 15 is 0 Å². The summed E-state index contributed by atoms with van der Waals surface area (Å²) < 4.78 is 48.4. The summed E-state index contributed by atoms with van der Waals surface area (Å²) in [6.07, 6.45) is -0.428. The maximum atomic E-state index is 12.4. The van der Waals surface area contributed by atoms with E-state index in [0.29, 0.717) is 36.4 Å². The summed E-state index contributed by atoms with van der Waals surface area (Å²) in [7, 11) is 0. The van der Waals surface area contributed by atoms with E-state index < -0.39 is 6.36 Å². The molecule has 1 atom stereocenters. The number of hydrogen-bond acceptors (Lipinski definition) is 4. The molecule has 1 amide bonds. The number of nitrogens with zero attached hydrogens (tertiary/aromatic N) is 1. The first-order valence-corrected chi connectivity index (χ1v) is 9.04. The molecule has 0 saturated carbocycles. The summed E-state index contributed by atoms with van der Waals surface area (Å²) >= 11 is 1.28. The van der Waals surface area contributed by atoms with Crippen molar-refractivity contribution in [3.8, 4) is 16.9 Å². The van der Waals surface area contributed by atoms with Gasteiger partial charge in [-0.25, -0.2) is 0 Å². The van der Waals surface area contributed by atoms with E-state index in [-0.39, 0.29) is 17.7 Å². The number of benzene rings is 1. The van der Waals surface area contributed by atoms with Crippen LogP contribution >= 0.6 is 12.0 Å². The lowest BCUT2D eigenvalue weighted by Gasteiger charge is -2.26. The number of fused-ring (bicyclic) bond motifs is 1. The van der Waals surface area contributed by atoms with Gasteiger partial charge in [0.1, 0.15) is 11.4 Å². The van der Waals surface area contributed by atoms with Crippen LogP contribution in [0.2, 0.25) is 0 Å². The highest BCUT2D eigenvalue weighted by molar-refractivity contribution is 7.93. The number of alkyl halides is 3. The first kappa shape index (κ1) is 18.7. The van der Waals surface area contributed by atoms with E-state index in [4.69, 9.17) is 4.18 Å². The number of nitrogens with one attached hydrogen (secondary N) is 1. The van der Waals surface area contributed by atoms with Crippen LogP contribution in [0.4, 0.5) is 13.2 Å². The summed E-state index contributed by atoms with van der Waals surface area (Å²) in [5.41, 5.74) is 1.67. The van der Waals surface area contributed by atoms with Crippen molar-refractivity contribution in [2.75, 3.05) is 19.4 Å². The minimum atomic E-state index is -4.75. The maximum Gasteiger partial charge on any atom is 0.573 e. The molecule has 0 fully saturated rings. The number of carbonyl (C=O) groups excluding carboxylic acids is 1. The van der Waals surface area contributed by atoms with E-state index in [1.165, 1.54) is 30.2 Å². The van der Waals surface area contributed by atoms with Crippen molar-refractivity contribution in [3.05, 3.63) is 42.2 Å². The Morgan fingerprint density at radius 3 is 2.85 bits per heavy atom. The number of rotatable bonds is 6. The highest BCUT2D eigenvalue weighted by Crippen LogP contribution is 2.31. The molecular weight excluding hydrogens is 369 g/mol. The topological polar surface area (TPSA) is 52.5 Å². The van der Waals surface area contributed by atoms with Crippen molar-refractivity contribution >= 4 is 17.9 Å². The van der Waals surface area contributed by atoms with Gasteiger partial charge in [0.25, 0.3) is 5.91 Å². The summed E-state index contributed by atoms with van der Waals surface area (Å²) in [4.78, 5) is 12.1. The third-order valence-corrected chi connectivity index (χ3v) is 4.43. The van der Waals surface area contributed by atoms with Crippen molar-refractivity contribution in [3.63, 3.8) is 0 Å². The smallest absolute Gasteiger partial charge is 0.406 e. The average Bonchev–Trinajstić information content (AvgIpc) is 3.02. The Bertz CT molecular complexity index is 792. The fourth-order valence-electron chi connectivity index (χ4n) is 2.90. The summed E-state index contributed by atoms with van der Waals surface area (Å²) in [6.45, 7) is 1.01. The Morgan fingerprint density at radius 1 is 1.31 bits per heavy atom. The van der Waals surface area contributed by atoms with Crippen molar-refractivity contribution in [1.82, 2.24) is 9.88 Å². The quantitative estimate of drug-likeness (QED) is 0.602. The molecule has 1 aromatic carbocycles. The minimum Gasteiger partial charge on any atom is -0.406 e. The first-order chi connectivity index (χ1) is 12.4. The second-order valence-corrected chi connectivity index (χ2v) is 6.31. The number of aromatic nitrogens is 1. The molecule has 26 heavy (non-hydrogen) atoms. The van der Waals surface area contributed by atoms with Crippen molar-refractivity contribution < 1.29 is 26.9 Å². The van der Waals surface area contributed by atoms with E-state index in [9.17, 15) is 18.0 Å². The molecule has 1 aliphatic rings. The van der Waals surface area contributed by atoms with Crippen LogP contribution in [0.3, 0.4) is 0 Å². The third kappa shape index (κ3) is 4.34. The lowest BCUT2D eigenvalue weighted by molar-refractivity contribution is -0.274. The number of halogens is 3. The Morgan fingerprint density at radius 2 is 2.12 bits per heavy atom. The summed E-state index contributed by atoms with van der Waals surface area (Å²) in [5, 5.41) is 2.83. The van der Waals surface area contributed by atoms with Gasteiger partial charge < -0.3 is 18.8 Å². The molecule has 0 spiro atoms. The molecular formula is C17H17F3N2O3S. The lowest BCUT2D eigenvalue weighted by Crippen LogP contribution is -2.38. The minimum absolute atomic E-state index is 0.0261. The Balaban J connectivity index is 1.87. The molecule has 3 rings (SSSR count). The van der Waals surface area contributed by atoms with Gasteiger partial charge in [-0.15, -0.1) is 13.2 Å². The monoisotopic (exact) mass is 386 g/mol. The molecule has 0 saturated heterocycles. The van der Waals surface area contributed by atoms with Gasteiger partial charge in [0.15, 0.2) is 0 Å². The fourth-order valence-corrected chi connectivity index (χ4v) is 3.16. The van der Waals surface area contributed by atoms with Crippen LogP contribution in [0.15, 0.2) is 36.5 Å². The zero-order valence-electron chi connectivity index (χ0n) is 13.9.